The van der Waals surface area contributed by atoms with E-state index < -0.39 is 42.0 Å². The second-order valence-electron chi connectivity index (χ2n) is 6.62. The number of ether oxygens (including phenoxy) is 4. The first-order valence-electron chi connectivity index (χ1n) is 8.66. The molecule has 4 atom stereocenters. The van der Waals surface area contributed by atoms with Crippen molar-refractivity contribution < 1.29 is 42.9 Å². The lowest BCUT2D eigenvalue weighted by molar-refractivity contribution is -0.200. The Kier molecular flexibility index (Phi) is 8.08. The summed E-state index contributed by atoms with van der Waals surface area (Å²) in [5, 5.41) is 0. The van der Waals surface area contributed by atoms with Crippen LogP contribution >= 0.6 is 0 Å². The molecule has 1 rings (SSSR count). The summed E-state index contributed by atoms with van der Waals surface area (Å²) in [7, 11) is 0. The van der Waals surface area contributed by atoms with Gasteiger partial charge in [0.1, 0.15) is 17.7 Å². The SMILES string of the molecule is CC(=O)CC[C@H]1OC(OC(C)=O)[C@H](OC(C)=O)[C@@]1(CCC(C)=O)OC(C)=O. The van der Waals surface area contributed by atoms with Crippen LogP contribution in [0.2, 0.25) is 0 Å². The Morgan fingerprint density at radius 1 is 0.815 bits per heavy atom. The Morgan fingerprint density at radius 2 is 1.37 bits per heavy atom. The van der Waals surface area contributed by atoms with E-state index >= 15 is 0 Å². The molecule has 1 unspecified atom stereocenters. The van der Waals surface area contributed by atoms with Crippen molar-refractivity contribution in [2.45, 2.75) is 84.4 Å². The van der Waals surface area contributed by atoms with E-state index in [1.807, 2.05) is 0 Å². The molecule has 0 bridgehead atoms. The number of ketones is 2. The highest BCUT2D eigenvalue weighted by atomic mass is 16.7. The first-order valence-corrected chi connectivity index (χ1v) is 8.66. The highest BCUT2D eigenvalue weighted by Crippen LogP contribution is 2.43. The minimum Gasteiger partial charge on any atom is -0.452 e. The molecular weight excluding hydrogens is 360 g/mol. The van der Waals surface area contributed by atoms with E-state index in [0.29, 0.717) is 0 Å². The Morgan fingerprint density at radius 3 is 1.81 bits per heavy atom. The second kappa shape index (κ2) is 9.59. The molecule has 0 aromatic heterocycles. The highest BCUT2D eigenvalue weighted by Gasteiger charge is 2.62. The molecule has 152 valence electrons. The van der Waals surface area contributed by atoms with Crippen LogP contribution in [-0.2, 0) is 42.9 Å². The summed E-state index contributed by atoms with van der Waals surface area (Å²) in [6.07, 6.45) is -3.26. The predicted octanol–water partition coefficient (Wildman–Crippen LogP) is 1.25. The molecule has 1 heterocycles. The van der Waals surface area contributed by atoms with E-state index in [9.17, 15) is 24.0 Å². The van der Waals surface area contributed by atoms with Crippen LogP contribution in [0.25, 0.3) is 0 Å². The van der Waals surface area contributed by atoms with E-state index in [1.54, 1.807) is 0 Å². The number of rotatable bonds is 9. The van der Waals surface area contributed by atoms with Crippen molar-refractivity contribution in [2.75, 3.05) is 0 Å². The zero-order valence-corrected chi connectivity index (χ0v) is 16.2. The monoisotopic (exact) mass is 386 g/mol. The molecule has 27 heavy (non-hydrogen) atoms. The van der Waals surface area contributed by atoms with E-state index in [-0.39, 0.29) is 37.2 Å². The maximum Gasteiger partial charge on any atom is 0.305 e. The lowest BCUT2D eigenvalue weighted by Gasteiger charge is -2.36. The third-order valence-corrected chi connectivity index (χ3v) is 4.11. The van der Waals surface area contributed by atoms with Gasteiger partial charge in [-0.15, -0.1) is 0 Å². The van der Waals surface area contributed by atoms with Gasteiger partial charge in [-0.3, -0.25) is 14.4 Å². The normalized spacial score (nSPS) is 26.9. The molecular formula is C18H26O9. The van der Waals surface area contributed by atoms with Gasteiger partial charge in [-0.05, 0) is 20.3 Å². The lowest BCUT2D eigenvalue weighted by Crippen LogP contribution is -2.54. The van der Waals surface area contributed by atoms with Crippen LogP contribution in [0.4, 0.5) is 0 Å². The number of hydrogen-bond donors (Lipinski definition) is 0. The molecule has 0 amide bonds. The summed E-state index contributed by atoms with van der Waals surface area (Å²) in [4.78, 5) is 57.9. The van der Waals surface area contributed by atoms with E-state index in [0.717, 1.165) is 13.8 Å². The number of esters is 3. The smallest absolute Gasteiger partial charge is 0.305 e. The van der Waals surface area contributed by atoms with Gasteiger partial charge in [0.05, 0.1) is 0 Å². The van der Waals surface area contributed by atoms with E-state index in [1.165, 1.54) is 20.8 Å². The minimum atomic E-state index is -1.56. The van der Waals surface area contributed by atoms with Crippen molar-refractivity contribution in [1.29, 1.82) is 0 Å². The first kappa shape index (κ1) is 22.8. The van der Waals surface area contributed by atoms with E-state index in [2.05, 4.69) is 0 Å². The summed E-state index contributed by atoms with van der Waals surface area (Å²) in [5.41, 5.74) is -1.56. The van der Waals surface area contributed by atoms with Crippen molar-refractivity contribution in [3.05, 3.63) is 0 Å². The van der Waals surface area contributed by atoms with Gasteiger partial charge in [-0.1, -0.05) is 0 Å². The molecule has 0 aromatic rings. The fourth-order valence-corrected chi connectivity index (χ4v) is 3.11. The van der Waals surface area contributed by atoms with Crippen molar-refractivity contribution in [3.63, 3.8) is 0 Å². The fraction of sp³-hybridized carbons (Fsp3) is 0.722. The van der Waals surface area contributed by atoms with Crippen LogP contribution in [0, 0.1) is 0 Å². The van der Waals surface area contributed by atoms with Gasteiger partial charge in [0.15, 0.2) is 5.60 Å². The van der Waals surface area contributed by atoms with Gasteiger partial charge in [-0.25, -0.2) is 0 Å². The van der Waals surface area contributed by atoms with Gasteiger partial charge in [0.2, 0.25) is 12.4 Å². The zero-order chi connectivity index (χ0) is 20.8. The summed E-state index contributed by atoms with van der Waals surface area (Å²) >= 11 is 0. The Bertz CT molecular complexity index is 612. The molecule has 0 radical (unpaired) electrons. The maximum atomic E-state index is 11.8. The Balaban J connectivity index is 3.38. The minimum absolute atomic E-state index is 0.0117. The standard InChI is InChI=1S/C18H26O9/c1-10(19)6-7-15-18(27-14(5)23,9-8-11(2)20)16(24-12(3)21)17(26-15)25-13(4)22/h15-17H,6-9H2,1-5H3/t15-,16+,17?,18+/m1/s1. The number of carbonyl (C=O) groups excluding carboxylic acids is 5. The molecule has 1 fully saturated rings. The topological polar surface area (TPSA) is 122 Å². The lowest BCUT2D eigenvalue weighted by atomic mass is 9.84. The maximum absolute atomic E-state index is 11.8. The summed E-state index contributed by atoms with van der Waals surface area (Å²) in [6, 6.07) is 0. The van der Waals surface area contributed by atoms with Crippen molar-refractivity contribution in [2.24, 2.45) is 0 Å². The molecule has 9 heteroatoms. The van der Waals surface area contributed by atoms with Crippen LogP contribution in [0.15, 0.2) is 0 Å². The van der Waals surface area contributed by atoms with Crippen LogP contribution in [0.5, 0.6) is 0 Å². The summed E-state index contributed by atoms with van der Waals surface area (Å²) in [5.74, 6) is -2.37. The van der Waals surface area contributed by atoms with Crippen molar-refractivity contribution in [1.82, 2.24) is 0 Å². The average molecular weight is 386 g/mol. The zero-order valence-electron chi connectivity index (χ0n) is 16.2. The van der Waals surface area contributed by atoms with Gasteiger partial charge in [0, 0.05) is 40.0 Å². The van der Waals surface area contributed by atoms with Crippen LogP contribution in [0.1, 0.15) is 60.3 Å². The third-order valence-electron chi connectivity index (χ3n) is 4.11. The molecule has 0 spiro atoms. The molecule has 0 saturated carbocycles. The molecule has 0 aromatic carbocycles. The Labute approximate surface area is 157 Å². The number of hydrogen-bond acceptors (Lipinski definition) is 9. The van der Waals surface area contributed by atoms with Gasteiger partial charge in [-0.2, -0.15) is 0 Å². The second-order valence-corrected chi connectivity index (χ2v) is 6.62. The molecule has 9 nitrogen and oxygen atoms in total. The highest BCUT2D eigenvalue weighted by molar-refractivity contribution is 5.76. The van der Waals surface area contributed by atoms with Crippen molar-refractivity contribution in [3.8, 4) is 0 Å². The van der Waals surface area contributed by atoms with Gasteiger partial charge in [0.25, 0.3) is 0 Å². The van der Waals surface area contributed by atoms with Crippen LogP contribution in [-0.4, -0.2) is 53.6 Å². The van der Waals surface area contributed by atoms with E-state index in [4.69, 9.17) is 18.9 Å². The quantitative estimate of drug-likeness (QED) is 0.425. The molecule has 0 N–H and O–H groups in total. The summed E-state index contributed by atoms with van der Waals surface area (Å²) < 4.78 is 21.7. The molecule has 0 aliphatic carbocycles. The molecule has 1 aliphatic heterocycles. The third kappa shape index (κ3) is 6.42. The fourth-order valence-electron chi connectivity index (χ4n) is 3.11. The predicted molar refractivity (Wildman–Crippen MR) is 90.3 cm³/mol. The first-order chi connectivity index (χ1) is 12.5. The molecule has 1 saturated heterocycles. The molecule has 1 aliphatic rings. The van der Waals surface area contributed by atoms with Crippen LogP contribution in [0.3, 0.4) is 0 Å². The summed E-state index contributed by atoms with van der Waals surface area (Å²) in [6.45, 7) is 6.23. The average Bonchev–Trinajstić information content (AvgIpc) is 2.75. The largest absolute Gasteiger partial charge is 0.452 e. The van der Waals surface area contributed by atoms with Crippen LogP contribution < -0.4 is 0 Å². The van der Waals surface area contributed by atoms with Gasteiger partial charge >= 0.3 is 17.9 Å². The van der Waals surface area contributed by atoms with Crippen molar-refractivity contribution >= 4 is 29.5 Å². The Hall–Kier alpha value is -2.29. The van der Waals surface area contributed by atoms with Gasteiger partial charge < -0.3 is 28.5 Å². The number of Topliss-reactive ketones (excluding diaryl/α,β-unsaturated/α-hetero) is 2. The number of carbonyl (C=O) groups is 5.